The highest BCUT2D eigenvalue weighted by atomic mass is 16.6. The molecule has 0 unspecified atom stereocenters. The van der Waals surface area contributed by atoms with Gasteiger partial charge in [0.25, 0.3) is 0 Å². The van der Waals surface area contributed by atoms with Crippen LogP contribution in [-0.2, 0) is 4.84 Å². The molecule has 0 aliphatic carbocycles. The molecule has 0 bridgehead atoms. The molecule has 0 spiro atoms. The minimum atomic E-state index is 0.714. The molecular weight excluding hydrogens is 228 g/mol. The normalized spacial score (nSPS) is 16.5. The molecule has 0 amide bonds. The lowest BCUT2D eigenvalue weighted by molar-refractivity contribution is 0.133. The van der Waals surface area contributed by atoms with Crippen LogP contribution < -0.4 is 10.2 Å². The minimum absolute atomic E-state index is 0.714. The molecule has 0 aromatic heterocycles. The predicted molar refractivity (Wildman–Crippen MR) is 72.9 cm³/mol. The molecule has 1 fully saturated rings. The van der Waals surface area contributed by atoms with E-state index in [4.69, 9.17) is 9.57 Å². The van der Waals surface area contributed by atoms with Crippen molar-refractivity contribution >= 4 is 5.69 Å². The summed E-state index contributed by atoms with van der Waals surface area (Å²) in [5, 5.41) is 0. The van der Waals surface area contributed by atoms with Crippen LogP contribution in [0.3, 0.4) is 0 Å². The highest BCUT2D eigenvalue weighted by molar-refractivity contribution is 5.44. The van der Waals surface area contributed by atoms with E-state index in [2.05, 4.69) is 10.4 Å². The van der Waals surface area contributed by atoms with Crippen molar-refractivity contribution in [3.8, 4) is 5.75 Å². The van der Waals surface area contributed by atoms with Gasteiger partial charge in [-0.1, -0.05) is 6.42 Å². The van der Waals surface area contributed by atoms with Gasteiger partial charge in [0.1, 0.15) is 5.75 Å². The van der Waals surface area contributed by atoms with Crippen molar-refractivity contribution in [2.75, 3.05) is 38.8 Å². The summed E-state index contributed by atoms with van der Waals surface area (Å²) in [6.45, 7) is 4.15. The average Bonchev–Trinajstić information content (AvgIpc) is 2.45. The van der Waals surface area contributed by atoms with E-state index in [9.17, 15) is 0 Å². The molecule has 1 aromatic carbocycles. The fourth-order valence-electron chi connectivity index (χ4n) is 2.15. The van der Waals surface area contributed by atoms with Crippen molar-refractivity contribution in [3.63, 3.8) is 0 Å². The number of nitrogens with zero attached hydrogens (tertiary/aromatic N) is 1. The molecule has 1 heterocycles. The number of likely N-dealkylation sites (tertiary alicyclic amines) is 1. The molecule has 4 nitrogen and oxygen atoms in total. The van der Waals surface area contributed by atoms with E-state index in [1.165, 1.54) is 32.4 Å². The van der Waals surface area contributed by atoms with E-state index < -0.39 is 0 Å². The van der Waals surface area contributed by atoms with Gasteiger partial charge in [0, 0.05) is 6.54 Å². The Kier molecular flexibility index (Phi) is 5.30. The molecule has 0 atom stereocenters. The van der Waals surface area contributed by atoms with E-state index in [-0.39, 0.29) is 0 Å². The first kappa shape index (κ1) is 13.2. The fourth-order valence-corrected chi connectivity index (χ4v) is 2.15. The first-order valence-corrected chi connectivity index (χ1v) is 6.63. The lowest BCUT2D eigenvalue weighted by Gasteiger charge is -2.26. The maximum atomic E-state index is 5.46. The van der Waals surface area contributed by atoms with Crippen LogP contribution in [0.4, 0.5) is 5.69 Å². The van der Waals surface area contributed by atoms with E-state index in [0.29, 0.717) is 6.61 Å². The molecule has 0 radical (unpaired) electrons. The third-order valence-corrected chi connectivity index (χ3v) is 3.24. The van der Waals surface area contributed by atoms with Gasteiger partial charge in [-0.15, -0.1) is 0 Å². The Morgan fingerprint density at radius 1 is 1.11 bits per heavy atom. The molecule has 1 N–H and O–H groups in total. The van der Waals surface area contributed by atoms with Crippen molar-refractivity contribution in [1.82, 2.24) is 4.90 Å². The van der Waals surface area contributed by atoms with Crippen LogP contribution in [0.15, 0.2) is 24.3 Å². The van der Waals surface area contributed by atoms with Crippen LogP contribution in [0.2, 0.25) is 0 Å². The van der Waals surface area contributed by atoms with Crippen molar-refractivity contribution in [2.45, 2.75) is 19.3 Å². The predicted octanol–water partition coefficient (Wildman–Crippen LogP) is 2.52. The van der Waals surface area contributed by atoms with Gasteiger partial charge >= 0.3 is 0 Å². The largest absolute Gasteiger partial charge is 0.497 e. The van der Waals surface area contributed by atoms with E-state index in [1.807, 2.05) is 24.3 Å². The van der Waals surface area contributed by atoms with E-state index in [1.54, 1.807) is 7.11 Å². The SMILES string of the molecule is COc1ccc(NOCCN2CCCCC2)cc1. The Morgan fingerprint density at radius 3 is 2.50 bits per heavy atom. The molecular formula is C14H22N2O2. The second-order valence-corrected chi connectivity index (χ2v) is 4.58. The zero-order valence-corrected chi connectivity index (χ0v) is 11.0. The van der Waals surface area contributed by atoms with Crippen LogP contribution in [0, 0.1) is 0 Å². The van der Waals surface area contributed by atoms with E-state index in [0.717, 1.165) is 18.0 Å². The summed E-state index contributed by atoms with van der Waals surface area (Å²) < 4.78 is 5.10. The van der Waals surface area contributed by atoms with Gasteiger partial charge in [-0.3, -0.25) is 10.3 Å². The molecule has 0 saturated carbocycles. The Balaban J connectivity index is 1.62. The summed E-state index contributed by atoms with van der Waals surface area (Å²) in [4.78, 5) is 7.92. The molecule has 1 aliphatic heterocycles. The summed E-state index contributed by atoms with van der Waals surface area (Å²) >= 11 is 0. The third kappa shape index (κ3) is 4.20. The standard InChI is InChI=1S/C14H22N2O2/c1-17-14-7-5-13(6-8-14)15-18-12-11-16-9-3-2-4-10-16/h5-8,15H,2-4,9-12H2,1H3. The van der Waals surface area contributed by atoms with Gasteiger partial charge in [0.2, 0.25) is 0 Å². The molecule has 1 aliphatic rings. The van der Waals surface area contributed by atoms with Crippen molar-refractivity contribution in [1.29, 1.82) is 0 Å². The number of methoxy groups -OCH3 is 1. The van der Waals surface area contributed by atoms with Crippen LogP contribution in [-0.4, -0.2) is 38.3 Å². The van der Waals surface area contributed by atoms with Gasteiger partial charge in [-0.25, -0.2) is 0 Å². The van der Waals surface area contributed by atoms with Crippen LogP contribution in [0.5, 0.6) is 5.75 Å². The average molecular weight is 250 g/mol. The maximum absolute atomic E-state index is 5.46. The molecule has 4 heteroatoms. The number of hydrogen-bond acceptors (Lipinski definition) is 4. The van der Waals surface area contributed by atoms with Gasteiger partial charge < -0.3 is 9.64 Å². The monoisotopic (exact) mass is 250 g/mol. The summed E-state index contributed by atoms with van der Waals surface area (Å²) in [6.07, 6.45) is 4.03. The Labute approximate surface area is 109 Å². The molecule has 18 heavy (non-hydrogen) atoms. The second kappa shape index (κ2) is 7.24. The zero-order valence-electron chi connectivity index (χ0n) is 11.0. The number of nitrogens with one attached hydrogen (secondary N) is 1. The van der Waals surface area contributed by atoms with Gasteiger partial charge in [0.15, 0.2) is 0 Å². The van der Waals surface area contributed by atoms with Gasteiger partial charge in [-0.05, 0) is 50.2 Å². The Morgan fingerprint density at radius 2 is 1.83 bits per heavy atom. The number of hydrogen-bond donors (Lipinski definition) is 1. The van der Waals surface area contributed by atoms with Gasteiger partial charge in [-0.2, -0.15) is 0 Å². The smallest absolute Gasteiger partial charge is 0.119 e. The molecule has 100 valence electrons. The quantitative estimate of drug-likeness (QED) is 0.621. The van der Waals surface area contributed by atoms with Crippen LogP contribution in [0.25, 0.3) is 0 Å². The maximum Gasteiger partial charge on any atom is 0.119 e. The number of benzene rings is 1. The Bertz CT molecular complexity index is 334. The lowest BCUT2D eigenvalue weighted by Crippen LogP contribution is -2.33. The number of rotatable bonds is 6. The number of ether oxygens (including phenoxy) is 1. The summed E-state index contributed by atoms with van der Waals surface area (Å²) in [5.41, 5.74) is 3.91. The summed E-state index contributed by atoms with van der Waals surface area (Å²) in [5.74, 6) is 0.855. The van der Waals surface area contributed by atoms with Gasteiger partial charge in [0.05, 0.1) is 19.4 Å². The number of anilines is 1. The minimum Gasteiger partial charge on any atom is -0.497 e. The van der Waals surface area contributed by atoms with Crippen molar-refractivity contribution < 1.29 is 9.57 Å². The lowest BCUT2D eigenvalue weighted by atomic mass is 10.1. The molecule has 1 saturated heterocycles. The summed E-state index contributed by atoms with van der Waals surface area (Å²) in [6, 6.07) is 7.71. The number of piperidine rings is 1. The second-order valence-electron chi connectivity index (χ2n) is 4.58. The van der Waals surface area contributed by atoms with Crippen LogP contribution >= 0.6 is 0 Å². The topological polar surface area (TPSA) is 33.7 Å². The third-order valence-electron chi connectivity index (χ3n) is 3.24. The molecule has 2 rings (SSSR count). The molecule has 1 aromatic rings. The van der Waals surface area contributed by atoms with E-state index >= 15 is 0 Å². The highest BCUT2D eigenvalue weighted by Gasteiger charge is 2.08. The highest BCUT2D eigenvalue weighted by Crippen LogP contribution is 2.14. The van der Waals surface area contributed by atoms with Crippen LogP contribution in [0.1, 0.15) is 19.3 Å². The fraction of sp³-hybridized carbons (Fsp3) is 0.571. The van der Waals surface area contributed by atoms with Crippen molar-refractivity contribution in [2.24, 2.45) is 0 Å². The summed E-state index contributed by atoms with van der Waals surface area (Å²) in [7, 11) is 1.66. The van der Waals surface area contributed by atoms with Crippen molar-refractivity contribution in [3.05, 3.63) is 24.3 Å². The zero-order chi connectivity index (χ0) is 12.6. The Hall–Kier alpha value is -1.26. The first-order valence-electron chi connectivity index (χ1n) is 6.63. The first-order chi connectivity index (χ1) is 8.88.